The maximum Gasteiger partial charge on any atom is 0.211 e. The van der Waals surface area contributed by atoms with E-state index in [2.05, 4.69) is 26.2 Å². The number of hydrogen-bond donors (Lipinski definition) is 1. The molecule has 1 aliphatic rings. The normalized spacial score (nSPS) is 15.6. The lowest BCUT2D eigenvalue weighted by molar-refractivity contribution is 0.189. The van der Waals surface area contributed by atoms with Gasteiger partial charge in [-0.05, 0) is 26.0 Å². The fraction of sp³-hybridized carbons (Fsp3) is 0.308. The second-order valence-corrected chi connectivity index (χ2v) is 12.8. The monoisotopic (exact) mass is 603 g/mol. The highest BCUT2D eigenvalue weighted by atomic mass is 35.5. The zero-order valence-electron chi connectivity index (χ0n) is 21.9. The average molecular weight is 604 g/mol. The fourth-order valence-electron chi connectivity index (χ4n) is 4.83. The van der Waals surface area contributed by atoms with Gasteiger partial charge in [-0.25, -0.2) is 17.8 Å². The van der Waals surface area contributed by atoms with Crippen LogP contribution in [0.4, 0.5) is 10.2 Å². The molecule has 40 heavy (non-hydrogen) atoms. The largest absolute Gasteiger partial charge is 0.483 e. The van der Waals surface area contributed by atoms with Gasteiger partial charge in [-0.2, -0.15) is 14.7 Å². The summed E-state index contributed by atoms with van der Waals surface area (Å²) < 4.78 is 46.2. The van der Waals surface area contributed by atoms with Gasteiger partial charge in [-0.1, -0.05) is 23.2 Å². The molecule has 0 spiro atoms. The Morgan fingerprint density at radius 2 is 1.90 bits per heavy atom. The van der Waals surface area contributed by atoms with E-state index in [1.54, 1.807) is 26.2 Å². The standard InChI is InChI=1S/C26H24Cl2FN7O3S/c1-14(23-18(27)10-31-11-19(23)28)39-22-6-17-21(7-20(22)29)33-34-24(17)16-5-15(8-30)25(32-9-16)36-12-26(2,13-36)35(3)40(4,37)38/h5-7,9-11,14H,12-13H2,1-4H3,(H,33,34)/t14-/m1/s1. The first-order chi connectivity index (χ1) is 18.8. The highest BCUT2D eigenvalue weighted by Gasteiger charge is 2.46. The number of likely N-dealkylation sites (N-methyl/N-ethyl adjacent to an activating group) is 1. The lowest BCUT2D eigenvalue weighted by atomic mass is 9.92. The van der Waals surface area contributed by atoms with Crippen molar-refractivity contribution in [1.29, 1.82) is 5.26 Å². The summed E-state index contributed by atoms with van der Waals surface area (Å²) in [6.45, 7) is 4.31. The van der Waals surface area contributed by atoms with Gasteiger partial charge in [-0.3, -0.25) is 10.1 Å². The number of nitriles is 1. The minimum absolute atomic E-state index is 0.0356. The predicted molar refractivity (Wildman–Crippen MR) is 151 cm³/mol. The minimum Gasteiger partial charge on any atom is -0.483 e. The van der Waals surface area contributed by atoms with E-state index in [9.17, 15) is 18.1 Å². The van der Waals surface area contributed by atoms with E-state index in [1.165, 1.54) is 28.8 Å². The van der Waals surface area contributed by atoms with Crippen molar-refractivity contribution in [1.82, 2.24) is 24.5 Å². The zero-order valence-corrected chi connectivity index (χ0v) is 24.2. The van der Waals surface area contributed by atoms with Gasteiger partial charge in [0.1, 0.15) is 23.7 Å². The lowest BCUT2D eigenvalue weighted by Gasteiger charge is -2.52. The summed E-state index contributed by atoms with van der Waals surface area (Å²) in [5.41, 5.74) is 1.58. The van der Waals surface area contributed by atoms with Crippen LogP contribution in [-0.4, -0.2) is 64.8 Å². The van der Waals surface area contributed by atoms with E-state index < -0.39 is 27.5 Å². The quantitative estimate of drug-likeness (QED) is 0.314. The molecule has 3 aromatic heterocycles. The molecule has 0 aliphatic carbocycles. The number of rotatable bonds is 7. The van der Waals surface area contributed by atoms with Crippen LogP contribution in [0.25, 0.3) is 22.2 Å². The molecule has 0 radical (unpaired) electrons. The molecule has 0 bridgehead atoms. The number of anilines is 1. The first kappa shape index (κ1) is 28.0. The Bertz CT molecular complexity index is 1760. The lowest BCUT2D eigenvalue weighted by Crippen LogP contribution is -2.69. The SMILES string of the molecule is C[C@@H](Oc1cc2c(-c3cnc(N4CC(C)(N(C)S(C)(=O)=O)C4)c(C#N)c3)n[nH]c2cc1F)c1c(Cl)cncc1Cl. The smallest absolute Gasteiger partial charge is 0.211 e. The molecule has 1 aliphatic heterocycles. The Balaban J connectivity index is 1.45. The van der Waals surface area contributed by atoms with Gasteiger partial charge in [0.15, 0.2) is 11.6 Å². The molecular formula is C26H24Cl2FN7O3S. The van der Waals surface area contributed by atoms with Crippen molar-refractivity contribution in [3.63, 3.8) is 0 Å². The van der Waals surface area contributed by atoms with Gasteiger partial charge in [0, 0.05) is 61.3 Å². The maximum atomic E-state index is 15.0. The van der Waals surface area contributed by atoms with Gasteiger partial charge >= 0.3 is 0 Å². The van der Waals surface area contributed by atoms with Crippen molar-refractivity contribution in [3.8, 4) is 23.1 Å². The molecule has 5 rings (SSSR count). The summed E-state index contributed by atoms with van der Waals surface area (Å²) in [6.07, 6.45) is 4.93. The van der Waals surface area contributed by atoms with Gasteiger partial charge in [0.25, 0.3) is 0 Å². The molecule has 0 unspecified atom stereocenters. The van der Waals surface area contributed by atoms with Crippen molar-refractivity contribution in [2.45, 2.75) is 25.5 Å². The van der Waals surface area contributed by atoms with Crippen LogP contribution in [0, 0.1) is 17.1 Å². The highest BCUT2D eigenvalue weighted by Crippen LogP contribution is 2.38. The molecule has 208 valence electrons. The second kappa shape index (κ2) is 10.2. The molecule has 1 fully saturated rings. The van der Waals surface area contributed by atoms with Crippen LogP contribution in [0.3, 0.4) is 0 Å². The summed E-state index contributed by atoms with van der Waals surface area (Å²) >= 11 is 12.5. The van der Waals surface area contributed by atoms with Gasteiger partial charge in [0.2, 0.25) is 10.0 Å². The van der Waals surface area contributed by atoms with Gasteiger partial charge < -0.3 is 9.64 Å². The van der Waals surface area contributed by atoms with Crippen LogP contribution in [0.2, 0.25) is 10.0 Å². The van der Waals surface area contributed by atoms with E-state index in [0.29, 0.717) is 62.2 Å². The number of sulfonamides is 1. The Hall–Kier alpha value is -3.50. The number of nitrogens with zero attached hydrogens (tertiary/aromatic N) is 6. The summed E-state index contributed by atoms with van der Waals surface area (Å²) in [5, 5.41) is 18.2. The molecule has 1 aromatic carbocycles. The van der Waals surface area contributed by atoms with Gasteiger partial charge in [-0.15, -0.1) is 0 Å². The van der Waals surface area contributed by atoms with E-state index in [4.69, 9.17) is 27.9 Å². The number of H-pyrrole nitrogens is 1. The molecule has 0 amide bonds. The molecular weight excluding hydrogens is 580 g/mol. The summed E-state index contributed by atoms with van der Waals surface area (Å²) in [6, 6.07) is 6.61. The number of aromatic nitrogens is 4. The minimum atomic E-state index is -3.38. The summed E-state index contributed by atoms with van der Waals surface area (Å²) in [5.74, 6) is -0.200. The van der Waals surface area contributed by atoms with Crippen LogP contribution >= 0.6 is 23.2 Å². The van der Waals surface area contributed by atoms with Crippen molar-refractivity contribution in [2.75, 3.05) is 31.3 Å². The topological polar surface area (TPSA) is 128 Å². The van der Waals surface area contributed by atoms with Crippen molar-refractivity contribution in [3.05, 3.63) is 63.8 Å². The second-order valence-electron chi connectivity index (χ2n) is 9.97. The number of hydrogen-bond acceptors (Lipinski definition) is 8. The number of pyridine rings is 2. The maximum absolute atomic E-state index is 15.0. The number of fused-ring (bicyclic) bond motifs is 1. The molecule has 1 atom stereocenters. The number of ether oxygens (including phenoxy) is 1. The van der Waals surface area contributed by atoms with E-state index in [0.717, 1.165) is 6.26 Å². The van der Waals surface area contributed by atoms with Crippen molar-refractivity contribution < 1.29 is 17.5 Å². The van der Waals surface area contributed by atoms with Crippen LogP contribution in [0.15, 0.2) is 36.8 Å². The Morgan fingerprint density at radius 3 is 2.52 bits per heavy atom. The Kier molecular flexibility index (Phi) is 7.12. The zero-order chi connectivity index (χ0) is 29.0. The number of benzene rings is 1. The molecule has 4 heterocycles. The summed E-state index contributed by atoms with van der Waals surface area (Å²) in [4.78, 5) is 10.3. The molecule has 1 N–H and O–H groups in total. The van der Waals surface area contributed by atoms with Gasteiger partial charge in [0.05, 0.1) is 32.9 Å². The van der Waals surface area contributed by atoms with E-state index >= 15 is 0 Å². The number of halogens is 3. The average Bonchev–Trinajstić information content (AvgIpc) is 3.28. The number of aromatic amines is 1. The third-order valence-electron chi connectivity index (χ3n) is 7.10. The highest BCUT2D eigenvalue weighted by molar-refractivity contribution is 7.88. The third-order valence-corrected chi connectivity index (χ3v) is 9.13. The molecule has 10 nitrogen and oxygen atoms in total. The van der Waals surface area contributed by atoms with Crippen molar-refractivity contribution in [2.24, 2.45) is 0 Å². The summed E-state index contributed by atoms with van der Waals surface area (Å²) in [7, 11) is -1.84. The number of nitrogens with one attached hydrogen (secondary N) is 1. The van der Waals surface area contributed by atoms with Crippen molar-refractivity contribution >= 4 is 49.9 Å². The molecule has 4 aromatic rings. The van der Waals surface area contributed by atoms with E-state index in [1.807, 2.05) is 11.8 Å². The molecule has 14 heteroatoms. The third kappa shape index (κ3) is 4.94. The van der Waals surface area contributed by atoms with Crippen LogP contribution in [-0.2, 0) is 10.0 Å². The Morgan fingerprint density at radius 1 is 1.23 bits per heavy atom. The van der Waals surface area contributed by atoms with Crippen LogP contribution in [0.5, 0.6) is 5.75 Å². The van der Waals surface area contributed by atoms with Crippen LogP contribution in [0.1, 0.15) is 31.1 Å². The first-order valence-corrected chi connectivity index (χ1v) is 14.7. The Labute approximate surface area is 240 Å². The van der Waals surface area contributed by atoms with Crippen LogP contribution < -0.4 is 9.64 Å². The predicted octanol–water partition coefficient (Wildman–Crippen LogP) is 4.95. The molecule has 0 saturated carbocycles. The fourth-order valence-corrected chi connectivity index (χ4v) is 6.42. The molecule has 1 saturated heterocycles. The van der Waals surface area contributed by atoms with E-state index in [-0.39, 0.29) is 5.75 Å². The first-order valence-electron chi connectivity index (χ1n) is 12.0.